The van der Waals surface area contributed by atoms with E-state index in [0.717, 1.165) is 16.8 Å². The van der Waals surface area contributed by atoms with Crippen LogP contribution in [0.3, 0.4) is 0 Å². The maximum absolute atomic E-state index is 11.5. The standard InChI is InChI=1S/C23H27N5O3/c1-3-25-21(29)16-30-20-11-7-8-17(12-20)13-26-23(24-2)27-14-19-15-31-22(28-19)18-9-5-4-6-10-18/h4-12,15H,3,13-14,16H2,1-2H3,(H,25,29)(H2,24,26,27). The first-order valence-corrected chi connectivity index (χ1v) is 10.1. The van der Waals surface area contributed by atoms with Crippen LogP contribution in [0.4, 0.5) is 0 Å². The van der Waals surface area contributed by atoms with Gasteiger partial charge in [0.2, 0.25) is 5.89 Å². The van der Waals surface area contributed by atoms with E-state index in [1.807, 2.05) is 61.5 Å². The summed E-state index contributed by atoms with van der Waals surface area (Å²) >= 11 is 0. The summed E-state index contributed by atoms with van der Waals surface area (Å²) in [6, 6.07) is 17.3. The number of rotatable bonds is 9. The molecule has 3 aromatic rings. The average Bonchev–Trinajstić information content (AvgIpc) is 3.28. The van der Waals surface area contributed by atoms with Crippen LogP contribution >= 0.6 is 0 Å². The van der Waals surface area contributed by atoms with Gasteiger partial charge in [-0.15, -0.1) is 0 Å². The van der Waals surface area contributed by atoms with Crippen LogP contribution in [-0.4, -0.2) is 37.1 Å². The number of guanidine groups is 1. The summed E-state index contributed by atoms with van der Waals surface area (Å²) in [5, 5.41) is 9.18. The molecule has 162 valence electrons. The lowest BCUT2D eigenvalue weighted by Gasteiger charge is -2.12. The van der Waals surface area contributed by atoms with E-state index < -0.39 is 0 Å². The first kappa shape index (κ1) is 21.9. The van der Waals surface area contributed by atoms with Gasteiger partial charge in [0.1, 0.15) is 12.0 Å². The smallest absolute Gasteiger partial charge is 0.257 e. The highest BCUT2D eigenvalue weighted by atomic mass is 16.5. The highest BCUT2D eigenvalue weighted by Gasteiger charge is 2.07. The Balaban J connectivity index is 1.48. The number of nitrogens with zero attached hydrogens (tertiary/aromatic N) is 2. The number of nitrogens with one attached hydrogen (secondary N) is 3. The molecule has 0 aliphatic heterocycles. The second-order valence-corrected chi connectivity index (χ2v) is 6.68. The molecule has 0 bridgehead atoms. The molecule has 1 heterocycles. The third kappa shape index (κ3) is 6.88. The molecule has 0 radical (unpaired) electrons. The average molecular weight is 422 g/mol. The van der Waals surface area contributed by atoms with Gasteiger partial charge in [-0.2, -0.15) is 0 Å². The molecule has 2 aromatic carbocycles. The van der Waals surface area contributed by atoms with E-state index in [1.165, 1.54) is 0 Å². The number of aromatic nitrogens is 1. The van der Waals surface area contributed by atoms with Crippen LogP contribution in [0.1, 0.15) is 18.2 Å². The maximum Gasteiger partial charge on any atom is 0.257 e. The third-order valence-corrected chi connectivity index (χ3v) is 4.34. The number of carbonyl (C=O) groups excluding carboxylic acids is 1. The molecule has 3 rings (SSSR count). The summed E-state index contributed by atoms with van der Waals surface area (Å²) in [6.07, 6.45) is 1.64. The summed E-state index contributed by atoms with van der Waals surface area (Å²) in [5.74, 6) is 1.73. The zero-order valence-electron chi connectivity index (χ0n) is 17.7. The van der Waals surface area contributed by atoms with E-state index in [1.54, 1.807) is 13.3 Å². The molecule has 1 aromatic heterocycles. The number of likely N-dealkylation sites (N-methyl/N-ethyl adjacent to an activating group) is 1. The number of aliphatic imine (C=N–C) groups is 1. The topological polar surface area (TPSA) is 101 Å². The fourth-order valence-corrected chi connectivity index (χ4v) is 2.82. The molecule has 0 aliphatic rings. The highest BCUT2D eigenvalue weighted by Crippen LogP contribution is 2.17. The minimum atomic E-state index is -0.140. The molecule has 0 fully saturated rings. The van der Waals surface area contributed by atoms with Crippen molar-refractivity contribution in [2.24, 2.45) is 4.99 Å². The van der Waals surface area contributed by atoms with Gasteiger partial charge in [-0.25, -0.2) is 4.98 Å². The van der Waals surface area contributed by atoms with Gasteiger partial charge < -0.3 is 25.1 Å². The molecule has 3 N–H and O–H groups in total. The fraction of sp³-hybridized carbons (Fsp3) is 0.261. The lowest BCUT2D eigenvalue weighted by molar-refractivity contribution is -0.122. The number of oxazole rings is 1. The molecular formula is C23H27N5O3. The van der Waals surface area contributed by atoms with Crippen molar-refractivity contribution in [3.05, 3.63) is 72.1 Å². The number of carbonyl (C=O) groups is 1. The molecule has 8 nitrogen and oxygen atoms in total. The van der Waals surface area contributed by atoms with Crippen molar-refractivity contribution in [2.45, 2.75) is 20.0 Å². The van der Waals surface area contributed by atoms with E-state index in [4.69, 9.17) is 9.15 Å². The third-order valence-electron chi connectivity index (χ3n) is 4.34. The second-order valence-electron chi connectivity index (χ2n) is 6.68. The fourth-order valence-electron chi connectivity index (χ4n) is 2.82. The van der Waals surface area contributed by atoms with Gasteiger partial charge in [-0.05, 0) is 36.8 Å². The van der Waals surface area contributed by atoms with Gasteiger partial charge in [-0.1, -0.05) is 30.3 Å². The normalized spacial score (nSPS) is 11.1. The quantitative estimate of drug-likeness (QED) is 0.363. The van der Waals surface area contributed by atoms with Crippen molar-refractivity contribution in [3.63, 3.8) is 0 Å². The Morgan fingerprint density at radius 2 is 1.87 bits per heavy atom. The SMILES string of the molecule is CCNC(=O)COc1cccc(CNC(=NC)NCc2coc(-c3ccccc3)n2)c1. The number of ether oxygens (including phenoxy) is 1. The molecule has 1 amide bonds. The lowest BCUT2D eigenvalue weighted by Crippen LogP contribution is -2.36. The molecule has 8 heteroatoms. The summed E-state index contributed by atoms with van der Waals surface area (Å²) in [5.41, 5.74) is 2.72. The molecular weight excluding hydrogens is 394 g/mol. The van der Waals surface area contributed by atoms with Crippen molar-refractivity contribution in [2.75, 3.05) is 20.2 Å². The van der Waals surface area contributed by atoms with Gasteiger partial charge in [0.15, 0.2) is 12.6 Å². The summed E-state index contributed by atoms with van der Waals surface area (Å²) in [7, 11) is 1.71. The first-order chi connectivity index (χ1) is 15.2. The van der Waals surface area contributed by atoms with Gasteiger partial charge in [-0.3, -0.25) is 9.79 Å². The Hall–Kier alpha value is -3.81. The number of benzene rings is 2. The van der Waals surface area contributed by atoms with E-state index in [9.17, 15) is 4.79 Å². The van der Waals surface area contributed by atoms with Gasteiger partial charge in [0.25, 0.3) is 5.91 Å². The van der Waals surface area contributed by atoms with Crippen LogP contribution < -0.4 is 20.7 Å². The molecule has 0 saturated heterocycles. The van der Waals surface area contributed by atoms with Crippen LogP contribution in [-0.2, 0) is 17.9 Å². The first-order valence-electron chi connectivity index (χ1n) is 10.1. The monoisotopic (exact) mass is 421 g/mol. The van der Waals surface area contributed by atoms with Crippen LogP contribution in [0.15, 0.2) is 70.3 Å². The Morgan fingerprint density at radius 1 is 1.06 bits per heavy atom. The van der Waals surface area contributed by atoms with Gasteiger partial charge >= 0.3 is 0 Å². The predicted octanol–water partition coefficient (Wildman–Crippen LogP) is 2.72. The largest absolute Gasteiger partial charge is 0.484 e. The van der Waals surface area contributed by atoms with E-state index >= 15 is 0 Å². The van der Waals surface area contributed by atoms with Crippen molar-refractivity contribution in [1.82, 2.24) is 20.9 Å². The molecule has 0 atom stereocenters. The summed E-state index contributed by atoms with van der Waals surface area (Å²) < 4.78 is 11.1. The summed E-state index contributed by atoms with van der Waals surface area (Å²) in [4.78, 5) is 20.3. The molecule has 0 aliphatic carbocycles. The van der Waals surface area contributed by atoms with Crippen molar-refractivity contribution in [3.8, 4) is 17.2 Å². The molecule has 0 spiro atoms. The van der Waals surface area contributed by atoms with Crippen molar-refractivity contribution >= 4 is 11.9 Å². The van der Waals surface area contributed by atoms with Crippen LogP contribution in [0.5, 0.6) is 5.75 Å². The molecule has 31 heavy (non-hydrogen) atoms. The number of hydrogen-bond donors (Lipinski definition) is 3. The Morgan fingerprint density at radius 3 is 2.65 bits per heavy atom. The number of amides is 1. The molecule has 0 unspecified atom stereocenters. The summed E-state index contributed by atoms with van der Waals surface area (Å²) in [6.45, 7) is 3.48. The predicted molar refractivity (Wildman–Crippen MR) is 120 cm³/mol. The minimum absolute atomic E-state index is 0.00336. The zero-order chi connectivity index (χ0) is 21.9. The second kappa shape index (κ2) is 11.4. The minimum Gasteiger partial charge on any atom is -0.484 e. The van der Waals surface area contributed by atoms with Crippen LogP contribution in [0.2, 0.25) is 0 Å². The maximum atomic E-state index is 11.5. The van der Waals surface area contributed by atoms with Gasteiger partial charge in [0, 0.05) is 25.7 Å². The van der Waals surface area contributed by atoms with E-state index in [0.29, 0.717) is 37.2 Å². The molecule has 0 saturated carbocycles. The van der Waals surface area contributed by atoms with Crippen LogP contribution in [0, 0.1) is 0 Å². The highest BCUT2D eigenvalue weighted by molar-refractivity contribution is 5.79. The van der Waals surface area contributed by atoms with Crippen molar-refractivity contribution < 1.29 is 13.9 Å². The van der Waals surface area contributed by atoms with Gasteiger partial charge in [0.05, 0.1) is 12.2 Å². The van der Waals surface area contributed by atoms with Crippen LogP contribution in [0.25, 0.3) is 11.5 Å². The Kier molecular flexibility index (Phi) is 8.05. The number of hydrogen-bond acceptors (Lipinski definition) is 5. The van der Waals surface area contributed by atoms with Crippen molar-refractivity contribution in [1.29, 1.82) is 0 Å². The Labute approximate surface area is 181 Å². The van der Waals surface area contributed by atoms with E-state index in [2.05, 4.69) is 25.9 Å². The zero-order valence-corrected chi connectivity index (χ0v) is 17.7. The Bertz CT molecular complexity index is 1000. The lowest BCUT2D eigenvalue weighted by atomic mass is 10.2. The van der Waals surface area contributed by atoms with E-state index in [-0.39, 0.29) is 12.5 Å².